The molecule has 6 heteroatoms. The Balaban J connectivity index is 3.53. The van der Waals surface area contributed by atoms with Gasteiger partial charge in [0.25, 0.3) is 0 Å². The standard InChI is InChI=1S/C6H4F2O3S/c7-4-2-1-3-5(9)6(4)12(8,10)11/h1-3,9H. The normalized spacial score (nSPS) is 11.5. The van der Waals surface area contributed by atoms with Gasteiger partial charge in [0.05, 0.1) is 0 Å². The van der Waals surface area contributed by atoms with Crippen molar-refractivity contribution in [2.45, 2.75) is 4.90 Å². The summed E-state index contributed by atoms with van der Waals surface area (Å²) in [6.07, 6.45) is 0. The van der Waals surface area contributed by atoms with Gasteiger partial charge in [0.1, 0.15) is 11.6 Å². The van der Waals surface area contributed by atoms with E-state index in [0.29, 0.717) is 0 Å². The second kappa shape index (κ2) is 2.71. The zero-order chi connectivity index (χ0) is 9.35. The second-order valence-electron chi connectivity index (χ2n) is 2.03. The predicted molar refractivity (Wildman–Crippen MR) is 36.4 cm³/mol. The summed E-state index contributed by atoms with van der Waals surface area (Å²) in [5.74, 6) is -2.24. The van der Waals surface area contributed by atoms with Crippen LogP contribution in [-0.4, -0.2) is 13.5 Å². The molecule has 12 heavy (non-hydrogen) atoms. The summed E-state index contributed by atoms with van der Waals surface area (Å²) >= 11 is 0. The van der Waals surface area contributed by atoms with E-state index in [2.05, 4.69) is 0 Å². The number of phenols is 1. The molecule has 0 aliphatic rings. The third kappa shape index (κ3) is 1.53. The highest BCUT2D eigenvalue weighted by molar-refractivity contribution is 7.86. The fraction of sp³-hybridized carbons (Fsp3) is 0. The highest BCUT2D eigenvalue weighted by atomic mass is 32.3. The Morgan fingerprint density at radius 3 is 2.25 bits per heavy atom. The molecule has 1 aromatic carbocycles. The molecule has 66 valence electrons. The Bertz CT molecular complexity index is 379. The van der Waals surface area contributed by atoms with Crippen LogP contribution in [0.15, 0.2) is 23.1 Å². The molecule has 0 radical (unpaired) electrons. The Hall–Kier alpha value is -1.17. The summed E-state index contributed by atoms with van der Waals surface area (Å²) in [4.78, 5) is -1.31. The van der Waals surface area contributed by atoms with Gasteiger partial charge in [0.15, 0.2) is 4.90 Å². The molecule has 0 spiro atoms. The fourth-order valence-corrected chi connectivity index (χ4v) is 1.36. The first kappa shape index (κ1) is 8.92. The molecule has 0 fully saturated rings. The molecule has 1 rings (SSSR count). The van der Waals surface area contributed by atoms with Crippen molar-refractivity contribution < 1.29 is 21.8 Å². The van der Waals surface area contributed by atoms with Crippen LogP contribution in [0, 0.1) is 5.82 Å². The Morgan fingerprint density at radius 1 is 1.33 bits per heavy atom. The van der Waals surface area contributed by atoms with Gasteiger partial charge in [-0.25, -0.2) is 4.39 Å². The monoisotopic (exact) mass is 194 g/mol. The Morgan fingerprint density at radius 2 is 1.92 bits per heavy atom. The third-order valence-electron chi connectivity index (χ3n) is 1.19. The van der Waals surface area contributed by atoms with E-state index < -0.39 is 26.7 Å². The van der Waals surface area contributed by atoms with E-state index in [1.165, 1.54) is 0 Å². The first-order chi connectivity index (χ1) is 5.43. The van der Waals surface area contributed by atoms with E-state index in [0.717, 1.165) is 18.2 Å². The third-order valence-corrected chi connectivity index (χ3v) is 2.08. The number of phenolic OH excluding ortho intramolecular Hbond substituents is 1. The van der Waals surface area contributed by atoms with Crippen molar-refractivity contribution in [1.82, 2.24) is 0 Å². The maximum Gasteiger partial charge on any atom is 0.338 e. The summed E-state index contributed by atoms with van der Waals surface area (Å²) in [6.45, 7) is 0. The number of hydrogen-bond acceptors (Lipinski definition) is 3. The topological polar surface area (TPSA) is 54.4 Å². The van der Waals surface area contributed by atoms with Crippen molar-refractivity contribution in [2.75, 3.05) is 0 Å². The van der Waals surface area contributed by atoms with E-state index in [4.69, 9.17) is 5.11 Å². The average molecular weight is 194 g/mol. The number of hydrogen-bond donors (Lipinski definition) is 1. The SMILES string of the molecule is O=S(=O)(F)c1c(O)cccc1F. The van der Waals surface area contributed by atoms with Crippen molar-refractivity contribution >= 4 is 10.2 Å². The number of rotatable bonds is 1. The van der Waals surface area contributed by atoms with Crippen molar-refractivity contribution in [3.63, 3.8) is 0 Å². The predicted octanol–water partition coefficient (Wildman–Crippen LogP) is 1.19. The van der Waals surface area contributed by atoms with Crippen LogP contribution in [-0.2, 0) is 10.2 Å². The van der Waals surface area contributed by atoms with Gasteiger partial charge >= 0.3 is 10.2 Å². The van der Waals surface area contributed by atoms with Crippen LogP contribution in [0.4, 0.5) is 8.28 Å². The summed E-state index contributed by atoms with van der Waals surface area (Å²) in [5, 5.41) is 8.77. The lowest BCUT2D eigenvalue weighted by molar-refractivity contribution is 0.440. The van der Waals surface area contributed by atoms with Gasteiger partial charge in [-0.1, -0.05) is 6.07 Å². The van der Waals surface area contributed by atoms with Gasteiger partial charge in [0.2, 0.25) is 0 Å². The first-order valence-electron chi connectivity index (χ1n) is 2.85. The molecule has 0 saturated carbocycles. The molecule has 0 bridgehead atoms. The van der Waals surface area contributed by atoms with Crippen LogP contribution >= 0.6 is 0 Å². The molecule has 3 nitrogen and oxygen atoms in total. The minimum atomic E-state index is -5.19. The van der Waals surface area contributed by atoms with Crippen molar-refractivity contribution in [3.05, 3.63) is 24.0 Å². The minimum Gasteiger partial charge on any atom is -0.506 e. The quantitative estimate of drug-likeness (QED) is 0.683. The van der Waals surface area contributed by atoms with Crippen molar-refractivity contribution in [2.24, 2.45) is 0 Å². The largest absolute Gasteiger partial charge is 0.506 e. The highest BCUT2D eigenvalue weighted by Gasteiger charge is 2.21. The lowest BCUT2D eigenvalue weighted by atomic mass is 10.3. The van der Waals surface area contributed by atoms with Gasteiger partial charge in [-0.3, -0.25) is 0 Å². The van der Waals surface area contributed by atoms with Gasteiger partial charge in [0, 0.05) is 0 Å². The molecular weight excluding hydrogens is 190 g/mol. The molecule has 0 aliphatic heterocycles. The molecule has 0 unspecified atom stereocenters. The summed E-state index contributed by atoms with van der Waals surface area (Å²) in [6, 6.07) is 2.70. The Kier molecular flexibility index (Phi) is 2.01. The van der Waals surface area contributed by atoms with Crippen LogP contribution in [0.2, 0.25) is 0 Å². The number of halogens is 2. The van der Waals surface area contributed by atoms with E-state index >= 15 is 0 Å². The molecule has 0 aromatic heterocycles. The summed E-state index contributed by atoms with van der Waals surface area (Å²) < 4.78 is 45.2. The zero-order valence-corrected chi connectivity index (χ0v) is 6.48. The highest BCUT2D eigenvalue weighted by Crippen LogP contribution is 2.26. The van der Waals surface area contributed by atoms with Crippen LogP contribution in [0.3, 0.4) is 0 Å². The molecule has 0 atom stereocenters. The van der Waals surface area contributed by atoms with Gasteiger partial charge < -0.3 is 5.11 Å². The van der Waals surface area contributed by atoms with Crippen molar-refractivity contribution in [3.8, 4) is 5.75 Å². The number of benzene rings is 1. The lowest BCUT2D eigenvalue weighted by Crippen LogP contribution is -1.96. The number of aromatic hydroxyl groups is 1. The van der Waals surface area contributed by atoms with Crippen LogP contribution < -0.4 is 0 Å². The minimum absolute atomic E-state index is 0.742. The van der Waals surface area contributed by atoms with E-state index in [9.17, 15) is 16.7 Å². The molecule has 0 aliphatic carbocycles. The van der Waals surface area contributed by atoms with Crippen LogP contribution in [0.25, 0.3) is 0 Å². The second-order valence-corrected chi connectivity index (χ2v) is 3.31. The summed E-state index contributed by atoms with van der Waals surface area (Å²) in [7, 11) is -5.19. The van der Waals surface area contributed by atoms with Gasteiger partial charge in [-0.05, 0) is 12.1 Å². The fourth-order valence-electron chi connectivity index (χ4n) is 0.739. The van der Waals surface area contributed by atoms with E-state index in [1.807, 2.05) is 0 Å². The summed E-state index contributed by atoms with van der Waals surface area (Å²) in [5.41, 5.74) is 0. The maximum atomic E-state index is 12.6. The molecule has 0 saturated heterocycles. The zero-order valence-electron chi connectivity index (χ0n) is 5.66. The van der Waals surface area contributed by atoms with E-state index in [-0.39, 0.29) is 0 Å². The average Bonchev–Trinajstić information content (AvgIpc) is 1.82. The molecular formula is C6H4F2O3S. The molecule has 1 N–H and O–H groups in total. The molecule has 1 aromatic rings. The molecule has 0 amide bonds. The maximum absolute atomic E-state index is 12.6. The van der Waals surface area contributed by atoms with Crippen LogP contribution in [0.5, 0.6) is 5.75 Å². The Labute approximate surface area is 67.5 Å². The van der Waals surface area contributed by atoms with Crippen LogP contribution in [0.1, 0.15) is 0 Å². The van der Waals surface area contributed by atoms with Gasteiger partial charge in [-0.15, -0.1) is 3.89 Å². The van der Waals surface area contributed by atoms with Crippen molar-refractivity contribution in [1.29, 1.82) is 0 Å². The molecule has 0 heterocycles. The van der Waals surface area contributed by atoms with E-state index in [1.54, 1.807) is 0 Å². The lowest BCUT2D eigenvalue weighted by Gasteiger charge is -1.98. The van der Waals surface area contributed by atoms with Gasteiger partial charge in [-0.2, -0.15) is 8.42 Å². The first-order valence-corrected chi connectivity index (χ1v) is 4.23. The smallest absolute Gasteiger partial charge is 0.338 e.